The number of aryl methyl sites for hydroxylation is 1. The van der Waals surface area contributed by atoms with Gasteiger partial charge in [-0.25, -0.2) is 0 Å². The highest BCUT2D eigenvalue weighted by Crippen LogP contribution is 2.41. The summed E-state index contributed by atoms with van der Waals surface area (Å²) in [7, 11) is 1.77. The zero-order valence-corrected chi connectivity index (χ0v) is 15.0. The van der Waals surface area contributed by atoms with Gasteiger partial charge >= 0.3 is 0 Å². The molecule has 0 saturated carbocycles. The first kappa shape index (κ1) is 16.8. The van der Waals surface area contributed by atoms with Gasteiger partial charge in [0, 0.05) is 51.8 Å². The molecule has 1 atom stereocenters. The van der Waals surface area contributed by atoms with Gasteiger partial charge in [0.1, 0.15) is 5.69 Å². The van der Waals surface area contributed by atoms with E-state index >= 15 is 0 Å². The molecule has 2 aromatic rings. The molecule has 2 aromatic heterocycles. The van der Waals surface area contributed by atoms with Crippen LogP contribution in [0, 0.1) is 5.41 Å². The molecule has 2 saturated heterocycles. The lowest BCUT2D eigenvalue weighted by Crippen LogP contribution is -2.50. The van der Waals surface area contributed by atoms with Crippen molar-refractivity contribution in [2.45, 2.75) is 25.8 Å². The van der Waals surface area contributed by atoms with Crippen LogP contribution in [0.1, 0.15) is 35.3 Å². The van der Waals surface area contributed by atoms with E-state index in [2.05, 4.69) is 10.1 Å². The molecule has 2 aliphatic rings. The van der Waals surface area contributed by atoms with Crippen molar-refractivity contribution < 1.29 is 9.59 Å². The third kappa shape index (κ3) is 2.87. The van der Waals surface area contributed by atoms with Crippen LogP contribution in [0.2, 0.25) is 0 Å². The Bertz CT molecular complexity index is 818. The lowest BCUT2D eigenvalue weighted by Gasteiger charge is -2.39. The number of nitrogens with zero attached hydrogens (tertiary/aromatic N) is 5. The standard InChI is InChI=1S/C19H23N5O2/c1-22-16(5-10-21-22)17(25)24-11-2-6-19(14-24)7-12-23(18(19)26)13-15-3-8-20-9-4-15/h3-5,8-10H,2,6-7,11-14H2,1H3. The second-order valence-electron chi connectivity index (χ2n) is 7.28. The Hall–Kier alpha value is -2.70. The molecule has 0 bridgehead atoms. The molecule has 26 heavy (non-hydrogen) atoms. The molecule has 2 fully saturated rings. The quantitative estimate of drug-likeness (QED) is 0.838. The number of amides is 2. The van der Waals surface area contributed by atoms with E-state index in [4.69, 9.17) is 0 Å². The van der Waals surface area contributed by atoms with Gasteiger partial charge in [-0.2, -0.15) is 5.10 Å². The van der Waals surface area contributed by atoms with Crippen LogP contribution in [0.25, 0.3) is 0 Å². The number of hydrogen-bond donors (Lipinski definition) is 0. The molecular weight excluding hydrogens is 330 g/mol. The van der Waals surface area contributed by atoms with Crippen LogP contribution in [0.3, 0.4) is 0 Å². The fraction of sp³-hybridized carbons (Fsp3) is 0.474. The minimum atomic E-state index is -0.431. The fourth-order valence-corrected chi connectivity index (χ4v) is 4.18. The van der Waals surface area contributed by atoms with E-state index in [9.17, 15) is 9.59 Å². The smallest absolute Gasteiger partial charge is 0.272 e. The van der Waals surface area contributed by atoms with Crippen molar-refractivity contribution in [2.75, 3.05) is 19.6 Å². The molecule has 0 aromatic carbocycles. The lowest BCUT2D eigenvalue weighted by atomic mass is 9.78. The van der Waals surface area contributed by atoms with Crippen LogP contribution in [-0.2, 0) is 18.4 Å². The number of carbonyl (C=O) groups excluding carboxylic acids is 2. The summed E-state index contributed by atoms with van der Waals surface area (Å²) in [4.78, 5) is 33.8. The van der Waals surface area contributed by atoms with Gasteiger partial charge in [0.15, 0.2) is 0 Å². The fourth-order valence-electron chi connectivity index (χ4n) is 4.18. The molecule has 7 nitrogen and oxygen atoms in total. The second kappa shape index (κ2) is 6.55. The summed E-state index contributed by atoms with van der Waals surface area (Å²) in [5, 5.41) is 4.08. The summed E-state index contributed by atoms with van der Waals surface area (Å²) in [6.45, 7) is 2.56. The molecule has 4 heterocycles. The zero-order chi connectivity index (χ0) is 18.1. The Morgan fingerprint density at radius 1 is 1.15 bits per heavy atom. The third-order valence-electron chi connectivity index (χ3n) is 5.63. The number of pyridine rings is 1. The Kier molecular flexibility index (Phi) is 4.22. The van der Waals surface area contributed by atoms with Gasteiger partial charge in [-0.05, 0) is 43.0 Å². The maximum Gasteiger partial charge on any atom is 0.272 e. The van der Waals surface area contributed by atoms with Gasteiger partial charge in [0.05, 0.1) is 5.41 Å². The first-order valence-corrected chi connectivity index (χ1v) is 9.05. The van der Waals surface area contributed by atoms with Crippen LogP contribution in [-0.4, -0.2) is 56.0 Å². The third-order valence-corrected chi connectivity index (χ3v) is 5.63. The van der Waals surface area contributed by atoms with Gasteiger partial charge in [-0.15, -0.1) is 0 Å². The van der Waals surface area contributed by atoms with Gasteiger partial charge in [0.25, 0.3) is 5.91 Å². The van der Waals surface area contributed by atoms with Gasteiger partial charge in [-0.1, -0.05) is 0 Å². The predicted octanol–water partition coefficient (Wildman–Crippen LogP) is 1.47. The topological polar surface area (TPSA) is 71.3 Å². The van der Waals surface area contributed by atoms with E-state index in [1.807, 2.05) is 21.9 Å². The van der Waals surface area contributed by atoms with Crippen molar-refractivity contribution in [3.8, 4) is 0 Å². The number of hydrogen-bond acceptors (Lipinski definition) is 4. The van der Waals surface area contributed by atoms with E-state index in [0.29, 0.717) is 25.3 Å². The van der Waals surface area contributed by atoms with Crippen molar-refractivity contribution in [3.63, 3.8) is 0 Å². The Morgan fingerprint density at radius 3 is 2.69 bits per heavy atom. The maximum atomic E-state index is 13.2. The lowest BCUT2D eigenvalue weighted by molar-refractivity contribution is -0.138. The molecule has 0 aliphatic carbocycles. The molecule has 0 N–H and O–H groups in total. The van der Waals surface area contributed by atoms with E-state index in [1.54, 1.807) is 36.4 Å². The Morgan fingerprint density at radius 2 is 1.96 bits per heavy atom. The molecule has 0 radical (unpaired) electrons. The van der Waals surface area contributed by atoms with E-state index in [-0.39, 0.29) is 11.8 Å². The number of carbonyl (C=O) groups is 2. The summed E-state index contributed by atoms with van der Waals surface area (Å²) >= 11 is 0. The summed E-state index contributed by atoms with van der Waals surface area (Å²) in [6.07, 6.45) is 7.66. The first-order valence-electron chi connectivity index (χ1n) is 9.05. The van der Waals surface area contributed by atoms with Crippen molar-refractivity contribution >= 4 is 11.8 Å². The first-order chi connectivity index (χ1) is 12.6. The monoisotopic (exact) mass is 353 g/mol. The second-order valence-corrected chi connectivity index (χ2v) is 7.28. The molecule has 1 spiro atoms. The van der Waals surface area contributed by atoms with Gasteiger partial charge < -0.3 is 9.80 Å². The minimum Gasteiger partial charge on any atom is -0.338 e. The highest BCUT2D eigenvalue weighted by Gasteiger charge is 2.49. The van der Waals surface area contributed by atoms with Crippen LogP contribution < -0.4 is 0 Å². The predicted molar refractivity (Wildman–Crippen MR) is 95.0 cm³/mol. The highest BCUT2D eigenvalue weighted by molar-refractivity contribution is 5.93. The van der Waals surface area contributed by atoms with Gasteiger partial charge in [0.2, 0.25) is 5.91 Å². The number of likely N-dealkylation sites (tertiary alicyclic amines) is 2. The molecular formula is C19H23N5O2. The summed E-state index contributed by atoms with van der Waals surface area (Å²) < 4.78 is 1.59. The molecule has 1 unspecified atom stereocenters. The number of rotatable bonds is 3. The largest absolute Gasteiger partial charge is 0.338 e. The maximum absolute atomic E-state index is 13.2. The van der Waals surface area contributed by atoms with Crippen molar-refractivity contribution in [2.24, 2.45) is 12.5 Å². The molecule has 2 amide bonds. The zero-order valence-electron chi connectivity index (χ0n) is 15.0. The van der Waals surface area contributed by atoms with Crippen molar-refractivity contribution in [3.05, 3.63) is 48.0 Å². The average molecular weight is 353 g/mol. The van der Waals surface area contributed by atoms with E-state index in [0.717, 1.165) is 31.4 Å². The normalized spacial score (nSPS) is 23.0. The molecule has 7 heteroatoms. The summed E-state index contributed by atoms with van der Waals surface area (Å²) in [6, 6.07) is 5.62. The number of piperidine rings is 1. The highest BCUT2D eigenvalue weighted by atomic mass is 16.2. The van der Waals surface area contributed by atoms with E-state index in [1.165, 1.54) is 0 Å². The summed E-state index contributed by atoms with van der Waals surface area (Å²) in [5.41, 5.74) is 1.23. The molecule has 4 rings (SSSR count). The van der Waals surface area contributed by atoms with Crippen molar-refractivity contribution in [1.29, 1.82) is 0 Å². The summed E-state index contributed by atoms with van der Waals surface area (Å²) in [5.74, 6) is 0.140. The molecule has 136 valence electrons. The van der Waals surface area contributed by atoms with Crippen molar-refractivity contribution in [1.82, 2.24) is 24.6 Å². The van der Waals surface area contributed by atoms with Gasteiger partial charge in [-0.3, -0.25) is 19.3 Å². The number of aromatic nitrogens is 3. The Balaban J connectivity index is 1.49. The molecule has 2 aliphatic heterocycles. The van der Waals surface area contributed by atoms with Crippen LogP contribution in [0.5, 0.6) is 0 Å². The van der Waals surface area contributed by atoms with Crippen LogP contribution in [0.15, 0.2) is 36.8 Å². The SMILES string of the molecule is Cn1nccc1C(=O)N1CCCC2(CCN(Cc3ccncc3)C2=O)C1. The van der Waals surface area contributed by atoms with E-state index < -0.39 is 5.41 Å². The Labute approximate surface area is 152 Å². The minimum absolute atomic E-state index is 0.0375. The van der Waals surface area contributed by atoms with Crippen LogP contribution in [0.4, 0.5) is 0 Å². The average Bonchev–Trinajstić information content (AvgIpc) is 3.21. The van der Waals surface area contributed by atoms with Crippen LogP contribution >= 0.6 is 0 Å².